The largest absolute Gasteiger partial charge is 0.377 e. The van der Waals surface area contributed by atoms with E-state index in [4.69, 9.17) is 0 Å². The minimum absolute atomic E-state index is 0.122. The van der Waals surface area contributed by atoms with Crippen LogP contribution in [0.2, 0.25) is 0 Å². The smallest absolute Gasteiger partial charge is 0.283 e. The summed E-state index contributed by atoms with van der Waals surface area (Å²) in [6.07, 6.45) is 7.05. The molecule has 1 N–H and O–H groups in total. The molecule has 0 spiro atoms. The third-order valence-electron chi connectivity index (χ3n) is 3.00. The Kier molecular flexibility index (Phi) is 5.44. The lowest BCUT2D eigenvalue weighted by Gasteiger charge is -2.10. The molecular weight excluding hydrogens is 334 g/mol. The summed E-state index contributed by atoms with van der Waals surface area (Å²) in [5.74, 6) is 0. The average molecular weight is 352 g/mol. The lowest BCUT2D eigenvalue weighted by molar-refractivity contribution is 0.541. The van der Waals surface area contributed by atoms with Crippen molar-refractivity contribution in [3.05, 3.63) is 44.8 Å². The molecule has 0 unspecified atom stereocenters. The number of hydrogen-bond acceptors (Lipinski definition) is 5. The number of unbranched alkanes of at least 4 members (excludes halogenated alkanes) is 1. The van der Waals surface area contributed by atoms with Crippen LogP contribution in [0.3, 0.4) is 0 Å². The van der Waals surface area contributed by atoms with Gasteiger partial charge in [0.05, 0.1) is 36.0 Å². The molecule has 0 aliphatic rings. The number of aromatic nitrogens is 4. The van der Waals surface area contributed by atoms with E-state index in [1.165, 1.54) is 4.68 Å². The van der Waals surface area contributed by atoms with Gasteiger partial charge in [-0.25, -0.2) is 4.68 Å². The van der Waals surface area contributed by atoms with Gasteiger partial charge in [0.15, 0.2) is 0 Å². The van der Waals surface area contributed by atoms with Crippen molar-refractivity contribution >= 4 is 21.6 Å². The molecule has 0 bridgehead atoms. The molecule has 7 heteroatoms. The maximum atomic E-state index is 12.1. The molecule has 2 aromatic rings. The molecule has 0 aliphatic heterocycles. The monoisotopic (exact) mass is 351 g/mol. The maximum Gasteiger partial charge on any atom is 0.283 e. The molecule has 6 nitrogen and oxygen atoms in total. The van der Waals surface area contributed by atoms with Crippen molar-refractivity contribution in [2.75, 3.05) is 5.32 Å². The Labute approximate surface area is 131 Å². The van der Waals surface area contributed by atoms with Crippen LogP contribution in [0.4, 0.5) is 5.69 Å². The quantitative estimate of drug-likeness (QED) is 0.865. The molecule has 2 heterocycles. The van der Waals surface area contributed by atoms with Gasteiger partial charge in [-0.05, 0) is 29.3 Å². The van der Waals surface area contributed by atoms with E-state index in [0.29, 0.717) is 23.2 Å². The van der Waals surface area contributed by atoms with E-state index in [-0.39, 0.29) is 5.56 Å². The summed E-state index contributed by atoms with van der Waals surface area (Å²) in [5.41, 5.74) is 2.22. The number of nitrogens with one attached hydrogen (secondary N) is 1. The number of nitrogens with zero attached hydrogens (tertiary/aromatic N) is 4. The fourth-order valence-corrected chi connectivity index (χ4v) is 2.20. The lowest BCUT2D eigenvalue weighted by atomic mass is 10.3. The molecule has 0 aromatic carbocycles. The van der Waals surface area contributed by atoms with E-state index in [1.54, 1.807) is 18.6 Å². The van der Waals surface area contributed by atoms with Crippen LogP contribution in [0, 0.1) is 6.92 Å². The molecule has 0 amide bonds. The standard InChI is InChI=1S/C14H18BrN5O/c1-3-4-5-20-14(21)13(15)12(9-19-20)18-8-11-7-16-10(2)6-17-11/h6-7,9,18H,3-5,8H2,1-2H3. The highest BCUT2D eigenvalue weighted by Gasteiger charge is 2.08. The van der Waals surface area contributed by atoms with Crippen molar-refractivity contribution in [3.63, 3.8) is 0 Å². The van der Waals surface area contributed by atoms with Gasteiger partial charge in [0.2, 0.25) is 0 Å². The SMILES string of the molecule is CCCCn1ncc(NCc2cnc(C)cn2)c(Br)c1=O. The van der Waals surface area contributed by atoms with Gasteiger partial charge in [0, 0.05) is 12.7 Å². The molecule has 0 radical (unpaired) electrons. The van der Waals surface area contributed by atoms with E-state index in [1.807, 2.05) is 6.92 Å². The summed E-state index contributed by atoms with van der Waals surface area (Å²) < 4.78 is 1.97. The molecule has 2 aromatic heterocycles. The van der Waals surface area contributed by atoms with Crippen molar-refractivity contribution in [1.29, 1.82) is 0 Å². The summed E-state index contributed by atoms with van der Waals surface area (Å²) in [6.45, 7) is 5.10. The van der Waals surface area contributed by atoms with Crippen LogP contribution in [-0.2, 0) is 13.1 Å². The third kappa shape index (κ3) is 4.10. The highest BCUT2D eigenvalue weighted by Crippen LogP contribution is 2.16. The summed E-state index contributed by atoms with van der Waals surface area (Å²) in [6, 6.07) is 0. The zero-order valence-corrected chi connectivity index (χ0v) is 13.7. The van der Waals surface area contributed by atoms with Crippen LogP contribution in [0.5, 0.6) is 0 Å². The summed E-state index contributed by atoms with van der Waals surface area (Å²) in [7, 11) is 0. The van der Waals surface area contributed by atoms with Gasteiger partial charge in [0.1, 0.15) is 4.47 Å². The minimum atomic E-state index is -0.122. The number of halogens is 1. The molecule has 0 fully saturated rings. The lowest BCUT2D eigenvalue weighted by Crippen LogP contribution is -2.24. The van der Waals surface area contributed by atoms with Crippen LogP contribution in [0.15, 0.2) is 27.9 Å². The van der Waals surface area contributed by atoms with E-state index >= 15 is 0 Å². The van der Waals surface area contributed by atoms with E-state index in [9.17, 15) is 4.79 Å². The zero-order chi connectivity index (χ0) is 15.2. The molecule has 21 heavy (non-hydrogen) atoms. The third-order valence-corrected chi connectivity index (χ3v) is 3.77. The first-order valence-corrected chi connectivity index (χ1v) is 7.68. The van der Waals surface area contributed by atoms with Crippen molar-refractivity contribution in [2.24, 2.45) is 0 Å². The number of aryl methyl sites for hydroxylation is 2. The van der Waals surface area contributed by atoms with Gasteiger partial charge < -0.3 is 5.32 Å². The molecule has 0 aliphatic carbocycles. The van der Waals surface area contributed by atoms with Crippen molar-refractivity contribution in [1.82, 2.24) is 19.7 Å². The van der Waals surface area contributed by atoms with Crippen LogP contribution in [0.25, 0.3) is 0 Å². The predicted molar refractivity (Wildman–Crippen MR) is 85.2 cm³/mol. The zero-order valence-electron chi connectivity index (χ0n) is 12.1. The Bertz CT molecular complexity index is 653. The molecular formula is C14H18BrN5O. The average Bonchev–Trinajstić information content (AvgIpc) is 2.49. The van der Waals surface area contributed by atoms with Gasteiger partial charge in [-0.2, -0.15) is 5.10 Å². The molecule has 2 rings (SSSR count). The van der Waals surface area contributed by atoms with Gasteiger partial charge >= 0.3 is 0 Å². The first-order valence-electron chi connectivity index (χ1n) is 6.88. The Balaban J connectivity index is 2.08. The normalized spacial score (nSPS) is 10.6. The molecule has 0 saturated heterocycles. The Hall–Kier alpha value is -1.76. The fourth-order valence-electron chi connectivity index (χ4n) is 1.75. The molecule has 0 saturated carbocycles. The highest BCUT2D eigenvalue weighted by molar-refractivity contribution is 9.10. The minimum Gasteiger partial charge on any atom is -0.377 e. The van der Waals surface area contributed by atoms with Crippen molar-refractivity contribution in [2.45, 2.75) is 39.8 Å². The Morgan fingerprint density at radius 2 is 2.10 bits per heavy atom. The van der Waals surface area contributed by atoms with E-state index < -0.39 is 0 Å². The first kappa shape index (κ1) is 15.6. The van der Waals surface area contributed by atoms with E-state index in [2.05, 4.69) is 43.2 Å². The second kappa shape index (κ2) is 7.31. The van der Waals surface area contributed by atoms with Gasteiger partial charge in [-0.15, -0.1) is 0 Å². The van der Waals surface area contributed by atoms with Gasteiger partial charge in [0.25, 0.3) is 5.56 Å². The maximum absolute atomic E-state index is 12.1. The second-order valence-electron chi connectivity index (χ2n) is 4.76. The van der Waals surface area contributed by atoms with Crippen molar-refractivity contribution < 1.29 is 0 Å². The van der Waals surface area contributed by atoms with E-state index in [0.717, 1.165) is 24.2 Å². The highest BCUT2D eigenvalue weighted by atomic mass is 79.9. The Morgan fingerprint density at radius 3 is 2.76 bits per heavy atom. The summed E-state index contributed by atoms with van der Waals surface area (Å²) >= 11 is 3.34. The van der Waals surface area contributed by atoms with Gasteiger partial charge in [-0.3, -0.25) is 14.8 Å². The molecule has 0 atom stereocenters. The number of hydrogen-bond donors (Lipinski definition) is 1. The number of rotatable bonds is 6. The van der Waals surface area contributed by atoms with Crippen LogP contribution in [-0.4, -0.2) is 19.7 Å². The Morgan fingerprint density at radius 1 is 1.29 bits per heavy atom. The summed E-state index contributed by atoms with van der Waals surface area (Å²) in [4.78, 5) is 20.6. The van der Waals surface area contributed by atoms with Crippen LogP contribution >= 0.6 is 15.9 Å². The summed E-state index contributed by atoms with van der Waals surface area (Å²) in [5, 5.41) is 7.33. The van der Waals surface area contributed by atoms with Gasteiger partial charge in [-0.1, -0.05) is 13.3 Å². The second-order valence-corrected chi connectivity index (χ2v) is 5.55. The predicted octanol–water partition coefficient (Wildman–Crippen LogP) is 2.52. The topological polar surface area (TPSA) is 72.7 Å². The van der Waals surface area contributed by atoms with Crippen LogP contribution in [0.1, 0.15) is 31.2 Å². The first-order chi connectivity index (χ1) is 10.1. The fraction of sp³-hybridized carbons (Fsp3) is 0.429. The number of anilines is 1. The van der Waals surface area contributed by atoms with Crippen LogP contribution < -0.4 is 10.9 Å². The molecule has 112 valence electrons. The van der Waals surface area contributed by atoms with Crippen molar-refractivity contribution in [3.8, 4) is 0 Å².